The van der Waals surface area contributed by atoms with E-state index >= 15 is 0 Å². The fourth-order valence-corrected chi connectivity index (χ4v) is 2.77. The van der Waals surface area contributed by atoms with Crippen molar-refractivity contribution < 1.29 is 4.74 Å². The van der Waals surface area contributed by atoms with Gasteiger partial charge in [0.25, 0.3) is 0 Å². The molecule has 0 aliphatic carbocycles. The van der Waals surface area contributed by atoms with Crippen LogP contribution in [0.5, 0.6) is 5.75 Å². The van der Waals surface area contributed by atoms with Crippen LogP contribution < -0.4 is 10.5 Å². The lowest BCUT2D eigenvalue weighted by atomic mass is 10.1. The Kier molecular flexibility index (Phi) is 4.74. The second kappa shape index (κ2) is 6.96. The van der Waals surface area contributed by atoms with E-state index in [1.807, 2.05) is 41.9 Å². The van der Waals surface area contributed by atoms with Crippen molar-refractivity contribution in [3.8, 4) is 11.4 Å². The largest absolute Gasteiger partial charge is 0.494 e. The molecule has 0 atom stereocenters. The second-order valence-electron chi connectivity index (χ2n) is 6.49. The molecule has 132 valence electrons. The van der Waals surface area contributed by atoms with Crippen LogP contribution in [0.3, 0.4) is 0 Å². The van der Waals surface area contributed by atoms with E-state index in [9.17, 15) is 0 Å². The molecular weight excluding hydrogens is 316 g/mol. The Morgan fingerprint density at radius 1 is 1.20 bits per heavy atom. The normalized spacial score (nSPS) is 11.2. The second-order valence-corrected chi connectivity index (χ2v) is 6.49. The summed E-state index contributed by atoms with van der Waals surface area (Å²) in [4.78, 5) is 4.73. The molecule has 0 amide bonds. The van der Waals surface area contributed by atoms with Crippen LogP contribution in [0.2, 0.25) is 0 Å². The summed E-state index contributed by atoms with van der Waals surface area (Å²) in [6.45, 7) is 6.67. The number of aryl methyl sites for hydroxylation is 1. The molecule has 25 heavy (non-hydrogen) atoms. The fraction of sp³-hybridized carbons (Fsp3) is 0.389. The van der Waals surface area contributed by atoms with Gasteiger partial charge in [-0.2, -0.15) is 10.2 Å². The van der Waals surface area contributed by atoms with Crippen LogP contribution in [0.1, 0.15) is 31.2 Å². The van der Waals surface area contributed by atoms with Crippen LogP contribution in [-0.4, -0.2) is 31.7 Å². The number of ether oxygens (including phenoxy) is 1. The predicted molar refractivity (Wildman–Crippen MR) is 96.9 cm³/mol. The molecule has 3 rings (SSSR count). The Morgan fingerprint density at radius 3 is 2.60 bits per heavy atom. The van der Waals surface area contributed by atoms with Crippen molar-refractivity contribution in [3.05, 3.63) is 47.7 Å². The number of hydrogen-bond donors (Lipinski definition) is 1. The zero-order valence-electron chi connectivity index (χ0n) is 15.1. The van der Waals surface area contributed by atoms with Crippen molar-refractivity contribution in [2.45, 2.75) is 33.7 Å². The highest BCUT2D eigenvalue weighted by molar-refractivity contribution is 5.46. The number of nitrogens with zero attached hydrogens (tertiary/aromatic N) is 5. The fourth-order valence-electron chi connectivity index (χ4n) is 2.77. The number of nitrogens with two attached hydrogens (primary N) is 1. The average molecular weight is 340 g/mol. The quantitative estimate of drug-likeness (QED) is 0.746. The average Bonchev–Trinajstić information content (AvgIpc) is 3.09. The summed E-state index contributed by atoms with van der Waals surface area (Å²) in [6.07, 6.45) is 0.808. The third-order valence-electron chi connectivity index (χ3n) is 3.85. The Hall–Kier alpha value is -2.83. The van der Waals surface area contributed by atoms with E-state index in [2.05, 4.69) is 18.9 Å². The molecule has 7 nitrogen and oxygen atoms in total. The van der Waals surface area contributed by atoms with Gasteiger partial charge in [-0.3, -0.25) is 0 Å². The molecule has 0 fully saturated rings. The molecule has 0 unspecified atom stereocenters. The van der Waals surface area contributed by atoms with Crippen LogP contribution in [-0.2, 0) is 13.0 Å². The Balaban J connectivity index is 2.06. The lowest BCUT2D eigenvalue weighted by Crippen LogP contribution is -2.12. The molecule has 0 aliphatic rings. The molecule has 0 spiro atoms. The first kappa shape index (κ1) is 17.0. The number of para-hydroxylation sites is 2. The lowest BCUT2D eigenvalue weighted by molar-refractivity contribution is 0.411. The molecule has 3 aromatic rings. The van der Waals surface area contributed by atoms with Crippen molar-refractivity contribution in [2.24, 2.45) is 5.92 Å². The summed E-state index contributed by atoms with van der Waals surface area (Å²) in [5.41, 5.74) is 7.77. The standard InChI is InChI=1S/C18H24N6O/c1-12(2)9-17-20-18(11-23-16(19)10-13(3)21-23)24(22-17)14-7-5-6-8-15(14)25-4/h5-8,10,12H,9,11,19H2,1-4H3. The van der Waals surface area contributed by atoms with Crippen LogP contribution in [0.25, 0.3) is 5.69 Å². The van der Waals surface area contributed by atoms with E-state index in [-0.39, 0.29) is 0 Å². The number of anilines is 1. The van der Waals surface area contributed by atoms with Crippen molar-refractivity contribution in [3.63, 3.8) is 0 Å². The maximum absolute atomic E-state index is 6.04. The van der Waals surface area contributed by atoms with Crippen LogP contribution in [0.15, 0.2) is 30.3 Å². The summed E-state index contributed by atoms with van der Waals surface area (Å²) < 4.78 is 9.05. The van der Waals surface area contributed by atoms with Crippen molar-refractivity contribution in [1.82, 2.24) is 24.5 Å². The van der Waals surface area contributed by atoms with Gasteiger partial charge < -0.3 is 10.5 Å². The van der Waals surface area contributed by atoms with Gasteiger partial charge in [0, 0.05) is 12.5 Å². The van der Waals surface area contributed by atoms with E-state index in [1.165, 1.54) is 0 Å². The molecule has 0 saturated heterocycles. The Labute approximate surface area is 147 Å². The van der Waals surface area contributed by atoms with Crippen LogP contribution in [0, 0.1) is 12.8 Å². The zero-order valence-corrected chi connectivity index (χ0v) is 15.1. The highest BCUT2D eigenvalue weighted by Crippen LogP contribution is 2.23. The molecule has 2 aromatic heterocycles. The summed E-state index contributed by atoms with van der Waals surface area (Å²) >= 11 is 0. The minimum atomic E-state index is 0.447. The van der Waals surface area contributed by atoms with E-state index in [0.717, 1.165) is 35.2 Å². The Bertz CT molecular complexity index is 864. The number of hydrogen-bond acceptors (Lipinski definition) is 5. The SMILES string of the molecule is COc1ccccc1-n1nc(CC(C)C)nc1Cn1nc(C)cc1N. The highest BCUT2D eigenvalue weighted by Gasteiger charge is 2.17. The van der Waals surface area contributed by atoms with Crippen molar-refractivity contribution in [1.29, 1.82) is 0 Å². The first-order chi connectivity index (χ1) is 12.0. The third-order valence-corrected chi connectivity index (χ3v) is 3.85. The van der Waals surface area contributed by atoms with Gasteiger partial charge in [0.15, 0.2) is 11.6 Å². The molecule has 1 aromatic carbocycles. The van der Waals surface area contributed by atoms with Crippen LogP contribution in [0.4, 0.5) is 5.82 Å². The molecule has 0 saturated carbocycles. The van der Waals surface area contributed by atoms with Crippen LogP contribution >= 0.6 is 0 Å². The zero-order chi connectivity index (χ0) is 18.0. The molecular formula is C18H24N6O. The predicted octanol–water partition coefficient (Wildman–Crippen LogP) is 2.61. The number of benzene rings is 1. The summed E-state index contributed by atoms with van der Waals surface area (Å²) in [5, 5.41) is 9.14. The summed E-state index contributed by atoms with van der Waals surface area (Å²) in [6, 6.07) is 9.61. The van der Waals surface area contributed by atoms with Gasteiger partial charge in [-0.25, -0.2) is 14.3 Å². The van der Waals surface area contributed by atoms with Gasteiger partial charge in [0.2, 0.25) is 0 Å². The van der Waals surface area contributed by atoms with E-state index in [1.54, 1.807) is 11.8 Å². The molecule has 2 heterocycles. The van der Waals surface area contributed by atoms with Gasteiger partial charge in [-0.15, -0.1) is 0 Å². The maximum Gasteiger partial charge on any atom is 0.154 e. The van der Waals surface area contributed by atoms with E-state index < -0.39 is 0 Å². The third kappa shape index (κ3) is 3.65. The first-order valence-electron chi connectivity index (χ1n) is 8.36. The molecule has 7 heteroatoms. The smallest absolute Gasteiger partial charge is 0.154 e. The summed E-state index contributed by atoms with van der Waals surface area (Å²) in [5.74, 6) is 3.40. The lowest BCUT2D eigenvalue weighted by Gasteiger charge is -2.10. The molecule has 0 aliphatic heterocycles. The minimum Gasteiger partial charge on any atom is -0.494 e. The highest BCUT2D eigenvalue weighted by atomic mass is 16.5. The topological polar surface area (TPSA) is 83.8 Å². The minimum absolute atomic E-state index is 0.447. The number of nitrogen functional groups attached to an aromatic ring is 1. The van der Waals surface area contributed by atoms with Crippen molar-refractivity contribution in [2.75, 3.05) is 12.8 Å². The van der Waals surface area contributed by atoms with Gasteiger partial charge in [0.05, 0.1) is 12.8 Å². The molecule has 0 radical (unpaired) electrons. The van der Waals surface area contributed by atoms with Gasteiger partial charge in [-0.1, -0.05) is 26.0 Å². The van der Waals surface area contributed by atoms with E-state index in [4.69, 9.17) is 20.6 Å². The Morgan fingerprint density at radius 2 is 1.96 bits per heavy atom. The first-order valence-corrected chi connectivity index (χ1v) is 8.36. The van der Waals surface area contributed by atoms with E-state index in [0.29, 0.717) is 18.3 Å². The maximum atomic E-state index is 6.04. The number of aromatic nitrogens is 5. The van der Waals surface area contributed by atoms with Gasteiger partial charge >= 0.3 is 0 Å². The number of methoxy groups -OCH3 is 1. The van der Waals surface area contributed by atoms with Gasteiger partial charge in [0.1, 0.15) is 23.8 Å². The monoisotopic (exact) mass is 340 g/mol. The molecule has 0 bridgehead atoms. The molecule has 2 N–H and O–H groups in total. The van der Waals surface area contributed by atoms with Crippen molar-refractivity contribution >= 4 is 5.82 Å². The number of rotatable bonds is 6. The summed E-state index contributed by atoms with van der Waals surface area (Å²) in [7, 11) is 1.65. The van der Waals surface area contributed by atoms with Gasteiger partial charge in [-0.05, 0) is 25.0 Å².